The Bertz CT molecular complexity index is 165. The van der Waals surface area contributed by atoms with Crippen molar-refractivity contribution in [3.05, 3.63) is 5.21 Å². The summed E-state index contributed by atoms with van der Waals surface area (Å²) < 4.78 is 4.80. The molecule has 0 radical (unpaired) electrons. The summed E-state index contributed by atoms with van der Waals surface area (Å²) in [6, 6.07) is 0. The van der Waals surface area contributed by atoms with E-state index in [0.717, 1.165) is 5.06 Å². The molecule has 1 heterocycles. The van der Waals surface area contributed by atoms with Crippen LogP contribution in [0.2, 0.25) is 0 Å². The number of rotatable bonds is 2. The van der Waals surface area contributed by atoms with Gasteiger partial charge >= 0.3 is 5.97 Å². The van der Waals surface area contributed by atoms with Crippen molar-refractivity contribution in [2.24, 2.45) is 0 Å². The van der Waals surface area contributed by atoms with Gasteiger partial charge in [0.2, 0.25) is 0 Å². The quantitative estimate of drug-likeness (QED) is 0.592. The molecule has 1 aliphatic rings. The third-order valence-corrected chi connectivity index (χ3v) is 2.74. The molecule has 70 valence electrons. The van der Waals surface area contributed by atoms with Gasteiger partial charge in [-0.15, -0.1) is 11.8 Å². The molecule has 1 rings (SSSR count). The van der Waals surface area contributed by atoms with Crippen molar-refractivity contribution in [1.29, 1.82) is 0 Å². The van der Waals surface area contributed by atoms with Gasteiger partial charge in [0.25, 0.3) is 0 Å². The van der Waals surface area contributed by atoms with E-state index in [2.05, 4.69) is 0 Å². The first-order valence-electron chi connectivity index (χ1n) is 3.94. The van der Waals surface area contributed by atoms with Gasteiger partial charge in [0.1, 0.15) is 5.25 Å². The zero-order valence-corrected chi connectivity index (χ0v) is 7.80. The van der Waals surface area contributed by atoms with Crippen LogP contribution >= 0.6 is 11.8 Å². The molecule has 0 saturated carbocycles. The van der Waals surface area contributed by atoms with E-state index in [1.165, 1.54) is 11.8 Å². The molecule has 0 spiro atoms. The fraction of sp³-hybridized carbons (Fsp3) is 0.857. The van der Waals surface area contributed by atoms with Crippen LogP contribution in [0.5, 0.6) is 0 Å². The van der Waals surface area contributed by atoms with Crippen molar-refractivity contribution in [2.75, 3.05) is 25.4 Å². The number of carbonyl (C=O) groups is 1. The van der Waals surface area contributed by atoms with Gasteiger partial charge in [-0.25, -0.2) is 0 Å². The van der Waals surface area contributed by atoms with E-state index in [1.54, 1.807) is 6.92 Å². The zero-order chi connectivity index (χ0) is 8.97. The van der Waals surface area contributed by atoms with Crippen LogP contribution in [-0.4, -0.2) is 41.7 Å². The first kappa shape index (κ1) is 9.83. The predicted molar refractivity (Wildman–Crippen MR) is 47.8 cm³/mol. The highest BCUT2D eigenvalue weighted by Crippen LogP contribution is 2.18. The maximum atomic E-state index is 11.1. The molecule has 1 saturated heterocycles. The zero-order valence-electron chi connectivity index (χ0n) is 6.99. The lowest BCUT2D eigenvalue weighted by atomic mass is 10.4. The summed E-state index contributed by atoms with van der Waals surface area (Å²) in [4.78, 5) is 11.1. The van der Waals surface area contributed by atoms with E-state index in [9.17, 15) is 10.0 Å². The molecule has 1 atom stereocenters. The average molecular weight is 190 g/mol. The Labute approximate surface area is 75.8 Å². The van der Waals surface area contributed by atoms with Crippen molar-refractivity contribution in [2.45, 2.75) is 12.2 Å². The number of hydroxylamine groups is 2. The molecule has 1 unspecified atom stereocenters. The van der Waals surface area contributed by atoms with Gasteiger partial charge in [-0.1, -0.05) is 0 Å². The summed E-state index contributed by atoms with van der Waals surface area (Å²) in [5.74, 6) is 0.454. The number of hydrogen-bond acceptors (Lipinski definition) is 5. The topological polar surface area (TPSA) is 52.6 Å². The van der Waals surface area contributed by atoms with Crippen molar-refractivity contribution >= 4 is 17.7 Å². The van der Waals surface area contributed by atoms with Gasteiger partial charge in [0.05, 0.1) is 6.61 Å². The Balaban J connectivity index is 2.35. The molecule has 1 fully saturated rings. The second-order valence-electron chi connectivity index (χ2n) is 2.50. The number of hydrogen-bond donors (Lipinski definition) is 0. The lowest BCUT2D eigenvalue weighted by Gasteiger charge is -2.35. The van der Waals surface area contributed by atoms with Crippen molar-refractivity contribution in [3.63, 3.8) is 0 Å². The molecule has 12 heavy (non-hydrogen) atoms. The molecule has 0 amide bonds. The Morgan fingerprint density at radius 1 is 1.83 bits per heavy atom. The molecular formula is C7H12NO3S-. The first-order chi connectivity index (χ1) is 5.74. The second-order valence-corrected chi connectivity index (χ2v) is 3.81. The number of ether oxygens (including phenoxy) is 1. The highest BCUT2D eigenvalue weighted by molar-refractivity contribution is 8.00. The molecule has 0 aromatic rings. The number of carbonyl (C=O) groups excluding carboxylic acids is 1. The fourth-order valence-electron chi connectivity index (χ4n) is 1.00. The van der Waals surface area contributed by atoms with Crippen LogP contribution in [0, 0.1) is 5.21 Å². The minimum absolute atomic E-state index is 0.261. The van der Waals surface area contributed by atoms with E-state index >= 15 is 0 Å². The molecule has 5 heteroatoms. The molecular weight excluding hydrogens is 178 g/mol. The largest absolute Gasteiger partial charge is 0.785 e. The van der Waals surface area contributed by atoms with E-state index in [0.29, 0.717) is 18.9 Å². The second kappa shape index (κ2) is 4.69. The molecule has 0 bridgehead atoms. The maximum absolute atomic E-state index is 11.1. The van der Waals surface area contributed by atoms with Crippen LogP contribution in [0.15, 0.2) is 0 Å². The van der Waals surface area contributed by atoms with E-state index in [4.69, 9.17) is 4.74 Å². The molecule has 0 aliphatic carbocycles. The van der Waals surface area contributed by atoms with Gasteiger partial charge in [-0.2, -0.15) is 0 Å². The number of thioether (sulfide) groups is 1. The smallest absolute Gasteiger partial charge is 0.320 e. The Morgan fingerprint density at radius 3 is 3.17 bits per heavy atom. The Morgan fingerprint density at radius 2 is 2.58 bits per heavy atom. The fourth-order valence-corrected chi connectivity index (χ4v) is 2.07. The van der Waals surface area contributed by atoms with Crippen LogP contribution in [-0.2, 0) is 9.53 Å². The third-order valence-electron chi connectivity index (χ3n) is 1.58. The van der Waals surface area contributed by atoms with Crippen molar-refractivity contribution < 1.29 is 9.53 Å². The Hall–Kier alpha value is -0.260. The van der Waals surface area contributed by atoms with Crippen molar-refractivity contribution in [3.8, 4) is 0 Å². The number of esters is 1. The maximum Gasteiger partial charge on any atom is 0.320 e. The summed E-state index contributed by atoms with van der Waals surface area (Å²) >= 11 is 1.50. The lowest BCUT2D eigenvalue weighted by Crippen LogP contribution is -2.38. The van der Waals surface area contributed by atoms with Gasteiger partial charge in [0.15, 0.2) is 0 Å². The average Bonchev–Trinajstić information content (AvgIpc) is 2.05. The molecule has 1 aliphatic heterocycles. The highest BCUT2D eigenvalue weighted by Gasteiger charge is 2.23. The van der Waals surface area contributed by atoms with Gasteiger partial charge in [-0.3, -0.25) is 4.79 Å². The SMILES string of the molecule is CCOC(=O)C1CN([O-])CCS1. The standard InChI is InChI=1S/C7H12NO3S/c1-2-11-7(9)6-5-8(10)3-4-12-6/h6H,2-5H2,1H3/q-1. The van der Waals surface area contributed by atoms with Crippen LogP contribution in [0.4, 0.5) is 0 Å². The van der Waals surface area contributed by atoms with Gasteiger partial charge in [-0.05, 0) is 13.5 Å². The summed E-state index contributed by atoms with van der Waals surface area (Å²) in [6.07, 6.45) is 0. The van der Waals surface area contributed by atoms with Gasteiger partial charge in [0, 0.05) is 12.3 Å². The third kappa shape index (κ3) is 2.66. The summed E-state index contributed by atoms with van der Waals surface area (Å²) in [5.41, 5.74) is 0. The molecule has 0 aromatic carbocycles. The number of nitrogens with zero attached hydrogens (tertiary/aromatic N) is 1. The van der Waals surface area contributed by atoms with E-state index < -0.39 is 0 Å². The van der Waals surface area contributed by atoms with Crippen LogP contribution < -0.4 is 0 Å². The summed E-state index contributed by atoms with van der Waals surface area (Å²) in [7, 11) is 0. The monoisotopic (exact) mass is 190 g/mol. The lowest BCUT2D eigenvalue weighted by molar-refractivity contribution is -0.142. The predicted octanol–water partition coefficient (Wildman–Crippen LogP) is 0.465. The summed E-state index contributed by atoms with van der Waals surface area (Å²) in [5, 5.41) is 11.5. The molecule has 4 nitrogen and oxygen atoms in total. The molecule has 0 aromatic heterocycles. The minimum Gasteiger partial charge on any atom is -0.785 e. The van der Waals surface area contributed by atoms with E-state index in [-0.39, 0.29) is 17.8 Å². The van der Waals surface area contributed by atoms with Crippen LogP contribution in [0.1, 0.15) is 6.92 Å². The Kier molecular flexibility index (Phi) is 3.84. The normalized spacial score (nSPS) is 25.3. The first-order valence-corrected chi connectivity index (χ1v) is 4.99. The van der Waals surface area contributed by atoms with E-state index in [1.807, 2.05) is 0 Å². The van der Waals surface area contributed by atoms with Crippen LogP contribution in [0.25, 0.3) is 0 Å². The molecule has 0 N–H and O–H groups in total. The van der Waals surface area contributed by atoms with Gasteiger partial charge < -0.3 is 15.0 Å². The van der Waals surface area contributed by atoms with Crippen molar-refractivity contribution in [1.82, 2.24) is 5.06 Å². The summed E-state index contributed by atoms with van der Waals surface area (Å²) in [6.45, 7) is 2.93. The minimum atomic E-state index is -0.281. The van der Waals surface area contributed by atoms with Crippen LogP contribution in [0.3, 0.4) is 0 Å². The highest BCUT2D eigenvalue weighted by atomic mass is 32.2.